The maximum absolute atomic E-state index is 10.6. The average Bonchev–Trinajstić information content (AvgIpc) is 3.14. The van der Waals surface area contributed by atoms with Gasteiger partial charge in [-0.3, -0.25) is 0 Å². The van der Waals surface area contributed by atoms with Gasteiger partial charge in [0.1, 0.15) is 0 Å². The van der Waals surface area contributed by atoms with Gasteiger partial charge in [-0.1, -0.05) is 44.2 Å². The fourth-order valence-corrected chi connectivity index (χ4v) is 2.62. The molecule has 1 saturated carbocycles. The molecule has 1 aromatic carbocycles. The van der Waals surface area contributed by atoms with Gasteiger partial charge in [-0.25, -0.2) is 0 Å². The maximum atomic E-state index is 10.6. The third kappa shape index (κ3) is 3.33. The number of benzene rings is 1. The van der Waals surface area contributed by atoms with E-state index in [0.717, 1.165) is 11.5 Å². The summed E-state index contributed by atoms with van der Waals surface area (Å²) in [6, 6.07) is 10.5. The van der Waals surface area contributed by atoms with Gasteiger partial charge in [0.05, 0.1) is 5.60 Å². The summed E-state index contributed by atoms with van der Waals surface area (Å²) in [5.74, 6) is 1.45. The smallest absolute Gasteiger partial charge is 0.0992 e. The van der Waals surface area contributed by atoms with Gasteiger partial charge in [0, 0.05) is 12.6 Å². The quantitative estimate of drug-likeness (QED) is 0.810. The fourth-order valence-electron chi connectivity index (χ4n) is 2.62. The molecular formula is C16H25NO. The molecule has 0 aliphatic heterocycles. The second-order valence-electron chi connectivity index (χ2n) is 6.13. The summed E-state index contributed by atoms with van der Waals surface area (Å²) in [7, 11) is 0. The van der Waals surface area contributed by atoms with Gasteiger partial charge in [-0.2, -0.15) is 0 Å². The molecule has 1 aliphatic carbocycles. The Hall–Kier alpha value is -0.860. The largest absolute Gasteiger partial charge is 0.384 e. The van der Waals surface area contributed by atoms with Crippen molar-refractivity contribution in [3.8, 4) is 0 Å². The average molecular weight is 247 g/mol. The van der Waals surface area contributed by atoms with Crippen LogP contribution in [-0.4, -0.2) is 17.7 Å². The molecule has 1 aromatic rings. The predicted molar refractivity (Wildman–Crippen MR) is 75.4 cm³/mol. The molecule has 0 aromatic heterocycles. The minimum absolute atomic E-state index is 0.542. The SMILES string of the molecule is CC(C)C(NCC(C)(O)c1ccccc1)C1CC1. The van der Waals surface area contributed by atoms with Crippen LogP contribution in [0.5, 0.6) is 0 Å². The van der Waals surface area contributed by atoms with Gasteiger partial charge >= 0.3 is 0 Å². The van der Waals surface area contributed by atoms with E-state index in [4.69, 9.17) is 0 Å². The summed E-state index contributed by atoms with van der Waals surface area (Å²) in [5, 5.41) is 14.1. The summed E-state index contributed by atoms with van der Waals surface area (Å²) in [6.45, 7) is 7.02. The van der Waals surface area contributed by atoms with E-state index in [1.807, 2.05) is 37.3 Å². The van der Waals surface area contributed by atoms with Gasteiger partial charge in [0.25, 0.3) is 0 Å². The molecule has 0 radical (unpaired) electrons. The van der Waals surface area contributed by atoms with E-state index in [9.17, 15) is 5.11 Å². The van der Waals surface area contributed by atoms with Crippen LogP contribution in [0.15, 0.2) is 30.3 Å². The van der Waals surface area contributed by atoms with Crippen LogP contribution in [0, 0.1) is 11.8 Å². The minimum Gasteiger partial charge on any atom is -0.384 e. The van der Waals surface area contributed by atoms with Crippen LogP contribution in [0.25, 0.3) is 0 Å². The molecular weight excluding hydrogens is 222 g/mol. The molecule has 0 spiro atoms. The second kappa shape index (κ2) is 5.41. The molecule has 2 heteroatoms. The zero-order chi connectivity index (χ0) is 13.2. The van der Waals surface area contributed by atoms with E-state index in [2.05, 4.69) is 19.2 Å². The van der Waals surface area contributed by atoms with Crippen molar-refractivity contribution in [2.24, 2.45) is 11.8 Å². The van der Waals surface area contributed by atoms with Gasteiger partial charge in [0.2, 0.25) is 0 Å². The highest BCUT2D eigenvalue weighted by molar-refractivity contribution is 5.21. The van der Waals surface area contributed by atoms with Crippen molar-refractivity contribution in [1.82, 2.24) is 5.32 Å². The first-order valence-corrected chi connectivity index (χ1v) is 7.02. The van der Waals surface area contributed by atoms with Crippen molar-refractivity contribution in [1.29, 1.82) is 0 Å². The monoisotopic (exact) mass is 247 g/mol. The maximum Gasteiger partial charge on any atom is 0.0992 e. The van der Waals surface area contributed by atoms with Crippen molar-refractivity contribution in [2.75, 3.05) is 6.54 Å². The van der Waals surface area contributed by atoms with E-state index in [1.165, 1.54) is 12.8 Å². The Balaban J connectivity index is 1.95. The second-order valence-corrected chi connectivity index (χ2v) is 6.13. The van der Waals surface area contributed by atoms with Crippen LogP contribution in [0.3, 0.4) is 0 Å². The lowest BCUT2D eigenvalue weighted by atomic mass is 9.93. The number of hydrogen-bond donors (Lipinski definition) is 2. The lowest BCUT2D eigenvalue weighted by molar-refractivity contribution is 0.0508. The Morgan fingerprint density at radius 2 is 1.89 bits per heavy atom. The summed E-state index contributed by atoms with van der Waals surface area (Å²) in [5.41, 5.74) is 0.194. The van der Waals surface area contributed by atoms with E-state index >= 15 is 0 Å². The molecule has 2 unspecified atom stereocenters. The predicted octanol–water partition coefficient (Wildman–Crippen LogP) is 2.92. The van der Waals surface area contributed by atoms with Crippen LogP contribution >= 0.6 is 0 Å². The molecule has 0 bridgehead atoms. The highest BCUT2D eigenvalue weighted by atomic mass is 16.3. The van der Waals surface area contributed by atoms with Crippen molar-refractivity contribution in [2.45, 2.75) is 45.3 Å². The van der Waals surface area contributed by atoms with Crippen molar-refractivity contribution in [3.05, 3.63) is 35.9 Å². The van der Waals surface area contributed by atoms with Crippen LogP contribution in [0.1, 0.15) is 39.2 Å². The molecule has 18 heavy (non-hydrogen) atoms. The molecule has 100 valence electrons. The summed E-state index contributed by atoms with van der Waals surface area (Å²) in [4.78, 5) is 0. The Labute approximate surface area is 110 Å². The van der Waals surface area contributed by atoms with E-state index in [1.54, 1.807) is 0 Å². The molecule has 2 nitrogen and oxygen atoms in total. The zero-order valence-corrected chi connectivity index (χ0v) is 11.7. The van der Waals surface area contributed by atoms with Gasteiger partial charge in [-0.15, -0.1) is 0 Å². The minimum atomic E-state index is -0.788. The van der Waals surface area contributed by atoms with Crippen LogP contribution < -0.4 is 5.32 Å². The highest BCUT2D eigenvalue weighted by Gasteiger charge is 2.34. The number of hydrogen-bond acceptors (Lipinski definition) is 2. The van der Waals surface area contributed by atoms with Crippen LogP contribution in [-0.2, 0) is 5.60 Å². The van der Waals surface area contributed by atoms with Crippen molar-refractivity contribution in [3.63, 3.8) is 0 Å². The molecule has 0 amide bonds. The Morgan fingerprint density at radius 3 is 2.39 bits per heavy atom. The first-order valence-electron chi connectivity index (χ1n) is 7.02. The number of aliphatic hydroxyl groups is 1. The summed E-state index contributed by atoms with van der Waals surface area (Å²) < 4.78 is 0. The van der Waals surface area contributed by atoms with Crippen LogP contribution in [0.2, 0.25) is 0 Å². The molecule has 0 saturated heterocycles. The molecule has 1 fully saturated rings. The molecule has 2 atom stereocenters. The Kier molecular flexibility index (Phi) is 4.08. The molecule has 2 rings (SSSR count). The lowest BCUT2D eigenvalue weighted by Gasteiger charge is -2.29. The lowest BCUT2D eigenvalue weighted by Crippen LogP contribution is -2.44. The van der Waals surface area contributed by atoms with E-state index < -0.39 is 5.60 Å². The topological polar surface area (TPSA) is 32.3 Å². The molecule has 1 aliphatic rings. The van der Waals surface area contributed by atoms with Gasteiger partial charge < -0.3 is 10.4 Å². The Bertz CT molecular complexity index is 366. The fraction of sp³-hybridized carbons (Fsp3) is 0.625. The van der Waals surface area contributed by atoms with E-state index in [0.29, 0.717) is 18.5 Å². The summed E-state index contributed by atoms with van der Waals surface area (Å²) in [6.07, 6.45) is 2.67. The standard InChI is InChI=1S/C16H25NO/c1-12(2)15(13-9-10-13)17-11-16(3,18)14-7-5-4-6-8-14/h4-8,12-13,15,17-18H,9-11H2,1-3H3. The third-order valence-corrected chi connectivity index (χ3v) is 3.93. The van der Waals surface area contributed by atoms with Crippen molar-refractivity contribution < 1.29 is 5.11 Å². The first-order chi connectivity index (χ1) is 8.50. The van der Waals surface area contributed by atoms with Gasteiger partial charge in [-0.05, 0) is 37.2 Å². The molecule has 2 N–H and O–H groups in total. The summed E-state index contributed by atoms with van der Waals surface area (Å²) >= 11 is 0. The van der Waals surface area contributed by atoms with E-state index in [-0.39, 0.29) is 0 Å². The normalized spacial score (nSPS) is 20.7. The number of rotatable bonds is 6. The van der Waals surface area contributed by atoms with Crippen LogP contribution in [0.4, 0.5) is 0 Å². The number of nitrogens with one attached hydrogen (secondary N) is 1. The zero-order valence-electron chi connectivity index (χ0n) is 11.7. The Morgan fingerprint density at radius 1 is 1.28 bits per heavy atom. The highest BCUT2D eigenvalue weighted by Crippen LogP contribution is 2.36. The third-order valence-electron chi connectivity index (χ3n) is 3.93. The van der Waals surface area contributed by atoms with Crippen molar-refractivity contribution >= 4 is 0 Å². The van der Waals surface area contributed by atoms with Gasteiger partial charge in [0.15, 0.2) is 0 Å². The molecule has 0 heterocycles. The first kappa shape index (κ1) is 13.6.